The Balaban J connectivity index is 1.86. The lowest BCUT2D eigenvalue weighted by Gasteiger charge is -2.19. The van der Waals surface area contributed by atoms with Gasteiger partial charge in [-0.15, -0.1) is 0 Å². The molecule has 90 valence electrons. The van der Waals surface area contributed by atoms with Crippen molar-refractivity contribution in [3.05, 3.63) is 17.8 Å². The molecule has 2 atom stereocenters. The predicted octanol–water partition coefficient (Wildman–Crippen LogP) is 2.39. The highest BCUT2D eigenvalue weighted by molar-refractivity contribution is 7.99. The van der Waals surface area contributed by atoms with Crippen molar-refractivity contribution in [1.82, 2.24) is 4.98 Å². The van der Waals surface area contributed by atoms with Crippen molar-refractivity contribution in [2.75, 3.05) is 5.75 Å². The van der Waals surface area contributed by atoms with E-state index in [4.69, 9.17) is 10.2 Å². The Bertz CT molecular complexity index is 319. The first-order valence-corrected chi connectivity index (χ1v) is 7.09. The second kappa shape index (κ2) is 5.73. The van der Waals surface area contributed by atoms with Crippen LogP contribution >= 0.6 is 11.8 Å². The number of hydrogen-bond acceptors (Lipinski definition) is 4. The summed E-state index contributed by atoms with van der Waals surface area (Å²) in [6.07, 6.45) is 7.56. The molecule has 1 aliphatic rings. The van der Waals surface area contributed by atoms with E-state index in [1.54, 1.807) is 6.26 Å². The van der Waals surface area contributed by atoms with Gasteiger partial charge in [0.2, 0.25) is 0 Å². The lowest BCUT2D eigenvalue weighted by atomic mass is 10.1. The van der Waals surface area contributed by atoms with Crippen LogP contribution in [0.4, 0.5) is 0 Å². The molecule has 1 aromatic rings. The van der Waals surface area contributed by atoms with Gasteiger partial charge in [0.25, 0.3) is 0 Å². The molecule has 0 bridgehead atoms. The summed E-state index contributed by atoms with van der Waals surface area (Å²) in [6, 6.07) is 0.155. The number of hydrogen-bond donors (Lipinski definition) is 1. The molecule has 2 rings (SSSR count). The van der Waals surface area contributed by atoms with Crippen LogP contribution in [-0.4, -0.2) is 22.0 Å². The monoisotopic (exact) mass is 240 g/mol. The summed E-state index contributed by atoms with van der Waals surface area (Å²) in [7, 11) is 0. The van der Waals surface area contributed by atoms with Crippen LogP contribution in [0.25, 0.3) is 0 Å². The summed E-state index contributed by atoms with van der Waals surface area (Å²) >= 11 is 2.06. The maximum Gasteiger partial charge on any atom is 0.195 e. The lowest BCUT2D eigenvalue weighted by molar-refractivity contribution is 0.481. The molecule has 1 aliphatic heterocycles. The smallest absolute Gasteiger partial charge is 0.195 e. The van der Waals surface area contributed by atoms with Crippen LogP contribution in [0.2, 0.25) is 0 Å². The van der Waals surface area contributed by atoms with Gasteiger partial charge in [-0.25, -0.2) is 4.98 Å². The standard InChI is InChI=1S/C12H20N2OS/c1-9(13)6-10-8-15-12(14-10)7-11-4-2-3-5-16-11/h8-9,11H,2-7,13H2,1H3. The number of nitrogens with zero attached hydrogens (tertiary/aromatic N) is 1. The van der Waals surface area contributed by atoms with Crippen molar-refractivity contribution in [2.24, 2.45) is 5.73 Å². The number of thioether (sulfide) groups is 1. The van der Waals surface area contributed by atoms with Crippen molar-refractivity contribution in [1.29, 1.82) is 0 Å². The quantitative estimate of drug-likeness (QED) is 0.878. The molecule has 2 heterocycles. The number of oxazole rings is 1. The van der Waals surface area contributed by atoms with Gasteiger partial charge in [-0.2, -0.15) is 11.8 Å². The first-order valence-electron chi connectivity index (χ1n) is 6.04. The molecule has 3 nitrogen and oxygen atoms in total. The Kier molecular flexibility index (Phi) is 4.29. The zero-order valence-electron chi connectivity index (χ0n) is 9.82. The fourth-order valence-corrected chi connectivity index (χ4v) is 3.33. The number of nitrogens with two attached hydrogens (primary N) is 1. The third-order valence-electron chi connectivity index (χ3n) is 2.81. The van der Waals surface area contributed by atoms with E-state index in [0.29, 0.717) is 5.25 Å². The molecule has 0 aliphatic carbocycles. The maximum absolute atomic E-state index is 5.73. The van der Waals surface area contributed by atoms with Gasteiger partial charge in [-0.1, -0.05) is 6.42 Å². The first kappa shape index (κ1) is 12.0. The molecule has 2 N–H and O–H groups in total. The Morgan fingerprint density at radius 2 is 2.50 bits per heavy atom. The highest BCUT2D eigenvalue weighted by Gasteiger charge is 2.17. The minimum absolute atomic E-state index is 0.155. The van der Waals surface area contributed by atoms with Gasteiger partial charge in [0, 0.05) is 24.1 Å². The average molecular weight is 240 g/mol. The third kappa shape index (κ3) is 3.52. The van der Waals surface area contributed by atoms with E-state index in [0.717, 1.165) is 24.4 Å². The van der Waals surface area contributed by atoms with Gasteiger partial charge < -0.3 is 10.2 Å². The summed E-state index contributed by atoms with van der Waals surface area (Å²) in [5, 5.41) is 0.704. The summed E-state index contributed by atoms with van der Waals surface area (Å²) < 4.78 is 5.49. The van der Waals surface area contributed by atoms with E-state index in [1.807, 2.05) is 6.92 Å². The van der Waals surface area contributed by atoms with Gasteiger partial charge in [0.15, 0.2) is 5.89 Å². The molecular formula is C12H20N2OS. The van der Waals surface area contributed by atoms with Crippen LogP contribution in [0.15, 0.2) is 10.7 Å². The maximum atomic E-state index is 5.73. The highest BCUT2D eigenvalue weighted by Crippen LogP contribution is 2.27. The van der Waals surface area contributed by atoms with Crippen LogP contribution in [0.1, 0.15) is 37.8 Å². The molecule has 2 unspecified atom stereocenters. The average Bonchev–Trinajstić information content (AvgIpc) is 2.66. The molecule has 1 aromatic heterocycles. The van der Waals surface area contributed by atoms with Gasteiger partial charge in [0.05, 0.1) is 5.69 Å². The second-order valence-corrected chi connectivity index (χ2v) is 6.01. The Hall–Kier alpha value is -0.480. The highest BCUT2D eigenvalue weighted by atomic mass is 32.2. The normalized spacial score (nSPS) is 23.2. The molecule has 1 fully saturated rings. The summed E-state index contributed by atoms with van der Waals surface area (Å²) in [5.74, 6) is 2.17. The molecular weight excluding hydrogens is 220 g/mol. The van der Waals surface area contributed by atoms with Gasteiger partial charge >= 0.3 is 0 Å². The Labute approximate surface area is 101 Å². The van der Waals surface area contributed by atoms with Gasteiger partial charge in [-0.05, 0) is 25.5 Å². The van der Waals surface area contributed by atoms with E-state index in [1.165, 1.54) is 25.0 Å². The SMILES string of the molecule is CC(N)Cc1coc(CC2CCCCS2)n1. The van der Waals surface area contributed by atoms with E-state index in [2.05, 4.69) is 16.7 Å². The Morgan fingerprint density at radius 1 is 1.62 bits per heavy atom. The fraction of sp³-hybridized carbons (Fsp3) is 0.750. The molecule has 0 saturated carbocycles. The number of rotatable bonds is 4. The number of aromatic nitrogens is 1. The summed E-state index contributed by atoms with van der Waals surface area (Å²) in [4.78, 5) is 4.48. The first-order chi connectivity index (χ1) is 7.74. The molecule has 4 heteroatoms. The van der Waals surface area contributed by atoms with Crippen LogP contribution in [0, 0.1) is 0 Å². The van der Waals surface area contributed by atoms with Crippen molar-refractivity contribution >= 4 is 11.8 Å². The third-order valence-corrected chi connectivity index (χ3v) is 4.20. The van der Waals surface area contributed by atoms with E-state index < -0.39 is 0 Å². The van der Waals surface area contributed by atoms with Gasteiger partial charge in [0.1, 0.15) is 6.26 Å². The topological polar surface area (TPSA) is 52.0 Å². The van der Waals surface area contributed by atoms with E-state index >= 15 is 0 Å². The molecule has 0 amide bonds. The van der Waals surface area contributed by atoms with Crippen LogP contribution in [-0.2, 0) is 12.8 Å². The van der Waals surface area contributed by atoms with Crippen LogP contribution in [0.5, 0.6) is 0 Å². The molecule has 16 heavy (non-hydrogen) atoms. The zero-order valence-corrected chi connectivity index (χ0v) is 10.6. The minimum Gasteiger partial charge on any atom is -0.449 e. The van der Waals surface area contributed by atoms with E-state index in [9.17, 15) is 0 Å². The molecule has 0 spiro atoms. The minimum atomic E-state index is 0.155. The van der Waals surface area contributed by atoms with Crippen molar-refractivity contribution in [2.45, 2.75) is 50.3 Å². The van der Waals surface area contributed by atoms with Crippen molar-refractivity contribution in [3.63, 3.8) is 0 Å². The summed E-state index contributed by atoms with van der Waals surface area (Å²) in [6.45, 7) is 1.99. The van der Waals surface area contributed by atoms with Crippen molar-refractivity contribution < 1.29 is 4.42 Å². The fourth-order valence-electron chi connectivity index (χ4n) is 2.03. The van der Waals surface area contributed by atoms with Crippen LogP contribution in [0.3, 0.4) is 0 Å². The van der Waals surface area contributed by atoms with E-state index in [-0.39, 0.29) is 6.04 Å². The molecule has 1 saturated heterocycles. The van der Waals surface area contributed by atoms with Gasteiger partial charge in [-0.3, -0.25) is 0 Å². The molecule has 0 radical (unpaired) electrons. The largest absolute Gasteiger partial charge is 0.449 e. The van der Waals surface area contributed by atoms with Crippen molar-refractivity contribution in [3.8, 4) is 0 Å². The second-order valence-electron chi connectivity index (χ2n) is 4.61. The summed E-state index contributed by atoms with van der Waals surface area (Å²) in [5.41, 5.74) is 6.72. The Morgan fingerprint density at radius 3 is 3.19 bits per heavy atom. The molecule has 0 aromatic carbocycles. The lowest BCUT2D eigenvalue weighted by Crippen LogP contribution is -2.18. The predicted molar refractivity (Wildman–Crippen MR) is 67.7 cm³/mol. The zero-order chi connectivity index (χ0) is 11.4. The van der Waals surface area contributed by atoms with Crippen LogP contribution < -0.4 is 5.73 Å².